The normalized spacial score (nSPS) is 11.9. The fraction of sp³-hybridized carbons (Fsp3) is 0.961. The molecule has 494 valence electrons. The first-order valence-corrected chi connectivity index (χ1v) is 38.5. The molecule has 0 spiro atoms. The summed E-state index contributed by atoms with van der Waals surface area (Å²) in [6.45, 7) is 6.76. The van der Waals surface area contributed by atoms with E-state index < -0.39 is 6.10 Å². The van der Waals surface area contributed by atoms with E-state index in [0.29, 0.717) is 19.3 Å². The minimum atomic E-state index is -0.764. The molecule has 0 aromatic carbocycles. The molecule has 0 amide bonds. The molecular weight excluding hydrogens is 1020 g/mol. The number of carbonyl (C=O) groups excluding carboxylic acids is 3. The molecule has 0 heterocycles. The zero-order valence-corrected chi connectivity index (χ0v) is 57.0. The van der Waals surface area contributed by atoms with Crippen molar-refractivity contribution in [2.75, 3.05) is 13.2 Å². The van der Waals surface area contributed by atoms with Gasteiger partial charge in [0.15, 0.2) is 6.10 Å². The van der Waals surface area contributed by atoms with Gasteiger partial charge in [0.2, 0.25) is 0 Å². The maximum Gasteiger partial charge on any atom is 0.306 e. The Morgan fingerprint density at radius 3 is 0.482 bits per heavy atom. The van der Waals surface area contributed by atoms with Crippen LogP contribution in [0, 0.1) is 0 Å². The molecule has 0 rings (SSSR count). The molecule has 0 radical (unpaired) electrons. The van der Waals surface area contributed by atoms with E-state index in [-0.39, 0.29) is 31.1 Å². The van der Waals surface area contributed by atoms with Gasteiger partial charge in [-0.1, -0.05) is 419 Å². The zero-order valence-electron chi connectivity index (χ0n) is 57.0. The third-order valence-corrected chi connectivity index (χ3v) is 18.1. The van der Waals surface area contributed by atoms with Crippen LogP contribution in [0.2, 0.25) is 0 Å². The molecular formula is C77H150O6. The summed E-state index contributed by atoms with van der Waals surface area (Å²) in [5.74, 6) is -0.813. The van der Waals surface area contributed by atoms with Crippen LogP contribution in [0.1, 0.15) is 457 Å². The summed E-state index contributed by atoms with van der Waals surface area (Å²) in [4.78, 5) is 38.6. The molecule has 0 aliphatic carbocycles. The minimum absolute atomic E-state index is 0.0597. The lowest BCUT2D eigenvalue weighted by atomic mass is 10.0. The summed E-state index contributed by atoms with van der Waals surface area (Å²) in [6.07, 6.45) is 87.2. The summed E-state index contributed by atoms with van der Waals surface area (Å²) < 4.78 is 17.1. The van der Waals surface area contributed by atoms with Gasteiger partial charge in [0.05, 0.1) is 0 Å². The molecule has 83 heavy (non-hydrogen) atoms. The van der Waals surface area contributed by atoms with Gasteiger partial charge in [-0.15, -0.1) is 0 Å². The van der Waals surface area contributed by atoms with Crippen molar-refractivity contribution in [2.24, 2.45) is 0 Å². The van der Waals surface area contributed by atoms with Gasteiger partial charge in [0.1, 0.15) is 13.2 Å². The summed E-state index contributed by atoms with van der Waals surface area (Å²) in [7, 11) is 0. The molecule has 1 unspecified atom stereocenters. The standard InChI is InChI=1S/C77H150O6/c1-4-7-10-13-16-19-22-25-28-31-33-35-37-38-39-40-42-43-46-49-52-55-58-61-64-67-70-76(79)82-73-74(72-81-75(78)69-66-63-60-57-54-51-48-45-30-27-24-21-18-15-12-9-6-3)83-77(80)71-68-65-62-59-56-53-50-47-44-41-36-34-32-29-26-23-20-17-14-11-8-5-2/h74H,4-73H2,1-3H3. The fourth-order valence-electron chi connectivity index (χ4n) is 12.3. The highest BCUT2D eigenvalue weighted by atomic mass is 16.6. The van der Waals surface area contributed by atoms with Crippen molar-refractivity contribution in [1.29, 1.82) is 0 Å². The van der Waals surface area contributed by atoms with Crippen LogP contribution in [0.5, 0.6) is 0 Å². The topological polar surface area (TPSA) is 78.9 Å². The van der Waals surface area contributed by atoms with Gasteiger partial charge in [-0.05, 0) is 19.3 Å². The van der Waals surface area contributed by atoms with Crippen molar-refractivity contribution >= 4 is 17.9 Å². The van der Waals surface area contributed by atoms with Crippen molar-refractivity contribution in [1.82, 2.24) is 0 Å². The van der Waals surface area contributed by atoms with Crippen LogP contribution in [0.3, 0.4) is 0 Å². The van der Waals surface area contributed by atoms with Crippen LogP contribution >= 0.6 is 0 Å². The van der Waals surface area contributed by atoms with Crippen LogP contribution in [0.15, 0.2) is 0 Å². The third kappa shape index (κ3) is 71.1. The Hall–Kier alpha value is -1.59. The first-order valence-electron chi connectivity index (χ1n) is 38.5. The van der Waals surface area contributed by atoms with E-state index in [2.05, 4.69) is 20.8 Å². The van der Waals surface area contributed by atoms with E-state index >= 15 is 0 Å². The predicted molar refractivity (Wildman–Crippen MR) is 363 cm³/mol. The summed E-state index contributed by atoms with van der Waals surface area (Å²) >= 11 is 0. The number of ether oxygens (including phenoxy) is 3. The average molecular weight is 1170 g/mol. The maximum atomic E-state index is 13.0. The Bertz CT molecular complexity index is 1250. The number of hydrogen-bond donors (Lipinski definition) is 0. The highest BCUT2D eigenvalue weighted by molar-refractivity contribution is 5.71. The molecule has 1 atom stereocenters. The van der Waals surface area contributed by atoms with E-state index in [1.54, 1.807) is 0 Å². The lowest BCUT2D eigenvalue weighted by molar-refractivity contribution is -0.167. The number of hydrogen-bond acceptors (Lipinski definition) is 6. The number of esters is 3. The molecule has 0 aliphatic rings. The fourth-order valence-corrected chi connectivity index (χ4v) is 12.3. The van der Waals surface area contributed by atoms with E-state index in [1.165, 1.54) is 360 Å². The predicted octanol–water partition coefficient (Wildman–Crippen LogP) is 26.6. The summed E-state index contributed by atoms with van der Waals surface area (Å²) in [6, 6.07) is 0. The van der Waals surface area contributed by atoms with Gasteiger partial charge < -0.3 is 14.2 Å². The van der Waals surface area contributed by atoms with E-state index in [1.807, 2.05) is 0 Å². The highest BCUT2D eigenvalue weighted by Crippen LogP contribution is 2.20. The molecule has 6 nitrogen and oxygen atoms in total. The SMILES string of the molecule is CCCCCCCCCCCCCCCCCCCCCCCCCCCCC(=O)OCC(COC(=O)CCCCCCCCCCCCCCCCCCC)OC(=O)CCCCCCCCCCCCCCCCCCCCCCCC. The smallest absolute Gasteiger partial charge is 0.306 e. The third-order valence-electron chi connectivity index (χ3n) is 18.1. The van der Waals surface area contributed by atoms with Gasteiger partial charge in [-0.25, -0.2) is 0 Å². The Balaban J connectivity index is 4.22. The quantitative estimate of drug-likeness (QED) is 0.0343. The Kier molecular flexibility index (Phi) is 71.5. The molecule has 0 saturated carbocycles. The lowest BCUT2D eigenvalue weighted by Gasteiger charge is -2.18. The molecule has 0 N–H and O–H groups in total. The van der Waals surface area contributed by atoms with Crippen molar-refractivity contribution in [3.8, 4) is 0 Å². The van der Waals surface area contributed by atoms with Crippen LogP contribution in [0.25, 0.3) is 0 Å². The van der Waals surface area contributed by atoms with Crippen molar-refractivity contribution < 1.29 is 28.6 Å². The first kappa shape index (κ1) is 81.4. The molecule has 0 saturated heterocycles. The van der Waals surface area contributed by atoms with E-state index in [4.69, 9.17) is 14.2 Å². The molecule has 0 aromatic rings. The van der Waals surface area contributed by atoms with Gasteiger partial charge in [0.25, 0.3) is 0 Å². The summed E-state index contributed by atoms with van der Waals surface area (Å²) in [5, 5.41) is 0. The van der Waals surface area contributed by atoms with Gasteiger partial charge in [-0.2, -0.15) is 0 Å². The number of unbranched alkanes of at least 4 members (excludes halogenated alkanes) is 62. The second-order valence-corrected chi connectivity index (χ2v) is 26.6. The van der Waals surface area contributed by atoms with Gasteiger partial charge >= 0.3 is 17.9 Å². The van der Waals surface area contributed by atoms with E-state index in [0.717, 1.165) is 57.8 Å². The Morgan fingerprint density at radius 2 is 0.325 bits per heavy atom. The largest absolute Gasteiger partial charge is 0.462 e. The first-order chi connectivity index (χ1) is 41.0. The van der Waals surface area contributed by atoms with Crippen LogP contribution in [-0.4, -0.2) is 37.2 Å². The van der Waals surface area contributed by atoms with Gasteiger partial charge in [-0.3, -0.25) is 14.4 Å². The van der Waals surface area contributed by atoms with Crippen LogP contribution in [0.4, 0.5) is 0 Å². The summed E-state index contributed by atoms with van der Waals surface area (Å²) in [5.41, 5.74) is 0. The van der Waals surface area contributed by atoms with Crippen molar-refractivity contribution in [3.05, 3.63) is 0 Å². The van der Waals surface area contributed by atoms with E-state index in [9.17, 15) is 14.4 Å². The second-order valence-electron chi connectivity index (χ2n) is 26.6. The lowest BCUT2D eigenvalue weighted by Crippen LogP contribution is -2.30. The monoisotopic (exact) mass is 1170 g/mol. The maximum absolute atomic E-state index is 13.0. The molecule has 6 heteroatoms. The Labute approximate surface area is 520 Å². The molecule has 0 aromatic heterocycles. The zero-order chi connectivity index (χ0) is 59.9. The average Bonchev–Trinajstić information content (AvgIpc) is 3.49. The second kappa shape index (κ2) is 72.9. The van der Waals surface area contributed by atoms with Crippen LogP contribution < -0.4 is 0 Å². The molecule has 0 bridgehead atoms. The number of carbonyl (C=O) groups is 3. The van der Waals surface area contributed by atoms with Gasteiger partial charge in [0, 0.05) is 19.3 Å². The minimum Gasteiger partial charge on any atom is -0.462 e. The number of rotatable bonds is 73. The molecule has 0 fully saturated rings. The van der Waals surface area contributed by atoms with Crippen molar-refractivity contribution in [2.45, 2.75) is 463 Å². The van der Waals surface area contributed by atoms with Crippen molar-refractivity contribution in [3.63, 3.8) is 0 Å². The molecule has 0 aliphatic heterocycles. The Morgan fingerprint density at radius 1 is 0.193 bits per heavy atom. The highest BCUT2D eigenvalue weighted by Gasteiger charge is 2.20. The van der Waals surface area contributed by atoms with Crippen LogP contribution in [-0.2, 0) is 28.6 Å².